The largest absolute Gasteiger partial charge is 0.472 e. The number of phosphoric acid groups is 2. The number of ether oxygens (including phenoxy) is 4. The van der Waals surface area contributed by atoms with E-state index in [9.17, 15) is 43.2 Å². The minimum absolute atomic E-state index is 0.107. The van der Waals surface area contributed by atoms with Crippen molar-refractivity contribution >= 4 is 39.5 Å². The Morgan fingerprint density at radius 1 is 0.262 bits per heavy atom. The molecule has 2 unspecified atom stereocenters. The van der Waals surface area contributed by atoms with E-state index in [0.717, 1.165) is 108 Å². The smallest absolute Gasteiger partial charge is 0.462 e. The van der Waals surface area contributed by atoms with Crippen LogP contribution in [0.2, 0.25) is 0 Å². The van der Waals surface area contributed by atoms with Gasteiger partial charge in [0.25, 0.3) is 0 Å². The van der Waals surface area contributed by atoms with E-state index < -0.39 is 97.5 Å². The molecule has 0 radical (unpaired) electrons. The summed E-state index contributed by atoms with van der Waals surface area (Å²) in [5, 5.41) is 10.7. The van der Waals surface area contributed by atoms with E-state index in [2.05, 4.69) is 48.5 Å². The molecule has 17 nitrogen and oxygen atoms in total. The van der Waals surface area contributed by atoms with E-state index in [1.165, 1.54) is 250 Å². The fourth-order valence-electron chi connectivity index (χ4n) is 13.0. The highest BCUT2D eigenvalue weighted by Gasteiger charge is 2.30. The van der Waals surface area contributed by atoms with Gasteiger partial charge in [-0.3, -0.25) is 37.3 Å². The summed E-state index contributed by atoms with van der Waals surface area (Å²) in [6, 6.07) is 0. The van der Waals surface area contributed by atoms with Crippen molar-refractivity contribution in [3.63, 3.8) is 0 Å². The molecule has 0 amide bonds. The van der Waals surface area contributed by atoms with Gasteiger partial charge in [-0.25, -0.2) is 9.13 Å². The summed E-state index contributed by atoms with van der Waals surface area (Å²) >= 11 is 0. The Kier molecular flexibility index (Phi) is 72.8. The lowest BCUT2D eigenvalue weighted by molar-refractivity contribution is -0.161. The van der Waals surface area contributed by atoms with E-state index in [1.54, 1.807) is 0 Å². The van der Waals surface area contributed by atoms with Crippen molar-refractivity contribution in [2.75, 3.05) is 39.6 Å². The predicted octanol–water partition coefficient (Wildman–Crippen LogP) is 25.3. The number of rotatable bonds is 82. The van der Waals surface area contributed by atoms with Gasteiger partial charge in [-0.05, 0) is 43.4 Å². The van der Waals surface area contributed by atoms with Crippen LogP contribution in [-0.2, 0) is 65.4 Å². The predicted molar refractivity (Wildman–Crippen MR) is 423 cm³/mol. The molecule has 0 heterocycles. The molecule has 5 atom stereocenters. The van der Waals surface area contributed by atoms with Crippen LogP contribution >= 0.6 is 15.6 Å². The van der Waals surface area contributed by atoms with Crippen LogP contribution in [0.1, 0.15) is 440 Å². The summed E-state index contributed by atoms with van der Waals surface area (Å²) in [6.45, 7) is 12.0. The lowest BCUT2D eigenvalue weighted by atomic mass is 10.0. The van der Waals surface area contributed by atoms with E-state index in [4.69, 9.17) is 37.0 Å². The van der Waals surface area contributed by atoms with Crippen molar-refractivity contribution in [2.45, 2.75) is 458 Å². The molecule has 0 fully saturated rings. The van der Waals surface area contributed by atoms with Gasteiger partial charge in [0.15, 0.2) is 12.2 Å². The van der Waals surface area contributed by atoms with E-state index in [0.29, 0.717) is 25.7 Å². The monoisotopic (exact) mass is 1510 g/mol. The average Bonchev–Trinajstić information content (AvgIpc) is 0.905. The molecular weight excluding hydrogens is 1340 g/mol. The summed E-state index contributed by atoms with van der Waals surface area (Å²) in [4.78, 5) is 73.1. The van der Waals surface area contributed by atoms with Crippen LogP contribution in [0, 0.1) is 17.8 Å². The Bertz CT molecular complexity index is 1990. The minimum Gasteiger partial charge on any atom is -0.462 e. The maximum atomic E-state index is 13.1. The Morgan fingerprint density at radius 3 is 0.660 bits per heavy atom. The number of hydrogen-bond donors (Lipinski definition) is 3. The summed E-state index contributed by atoms with van der Waals surface area (Å²) in [6.07, 6.45) is 63.8. The van der Waals surface area contributed by atoms with Crippen molar-refractivity contribution in [3.8, 4) is 0 Å². The summed E-state index contributed by atoms with van der Waals surface area (Å²) in [5.74, 6) is 0.296. The van der Waals surface area contributed by atoms with Gasteiger partial charge >= 0.3 is 39.5 Å². The number of carbonyl (C=O) groups excluding carboxylic acids is 4. The second-order valence-electron chi connectivity index (χ2n) is 31.6. The lowest BCUT2D eigenvalue weighted by Gasteiger charge is -2.21. The molecule has 0 aromatic rings. The average molecular weight is 1510 g/mol. The second kappa shape index (κ2) is 74.2. The van der Waals surface area contributed by atoms with Gasteiger partial charge in [0.2, 0.25) is 0 Å². The first kappa shape index (κ1) is 101. The van der Waals surface area contributed by atoms with Gasteiger partial charge in [0.05, 0.1) is 26.4 Å². The van der Waals surface area contributed by atoms with E-state index in [1.807, 2.05) is 0 Å². The third-order valence-corrected chi connectivity index (χ3v) is 21.5. The molecule has 0 rings (SSSR count). The first-order valence-electron chi connectivity index (χ1n) is 43.3. The molecule has 0 bridgehead atoms. The quantitative estimate of drug-likeness (QED) is 0.0222. The maximum Gasteiger partial charge on any atom is 0.472 e. The highest BCUT2D eigenvalue weighted by atomic mass is 31.2. The highest BCUT2D eigenvalue weighted by Crippen LogP contribution is 2.45. The van der Waals surface area contributed by atoms with Crippen LogP contribution in [0.3, 0.4) is 0 Å². The van der Waals surface area contributed by atoms with Crippen LogP contribution in [0.4, 0.5) is 0 Å². The normalized spacial score (nSPS) is 13.9. The fourth-order valence-corrected chi connectivity index (χ4v) is 14.6. The Morgan fingerprint density at radius 2 is 0.447 bits per heavy atom. The standard InChI is InChI=1S/C84H164O17P2/c1-8-9-10-11-12-13-37-44-51-58-65-81(86)94-71-79(100-84(89)68-61-54-47-40-33-27-21-24-30-36-43-50-57-64-77(6)7)73-98-102(90,91)96-69-78(85)70-97-103(92,93)99-74-80(72-95-82(87)66-59-52-45-38-31-25-20-16-18-23-29-35-42-49-56-63-76(4)5)101-83(88)67-60-53-46-39-32-26-19-15-14-17-22-28-34-41-48-55-62-75(2)3/h75-80,85H,8-74H2,1-7H3,(H,90,91)(H,92,93)/t78-,79+,80+/m0/s1. The number of esters is 4. The van der Waals surface area contributed by atoms with Crippen molar-refractivity contribution < 1.29 is 80.2 Å². The van der Waals surface area contributed by atoms with Gasteiger partial charge in [0, 0.05) is 25.7 Å². The van der Waals surface area contributed by atoms with Crippen molar-refractivity contribution in [1.29, 1.82) is 0 Å². The topological polar surface area (TPSA) is 237 Å². The summed E-state index contributed by atoms with van der Waals surface area (Å²) < 4.78 is 68.8. The van der Waals surface area contributed by atoms with Crippen LogP contribution in [0.15, 0.2) is 0 Å². The first-order valence-corrected chi connectivity index (χ1v) is 46.3. The Hall–Kier alpha value is -1.94. The molecule has 0 aliphatic carbocycles. The first-order chi connectivity index (χ1) is 49.7. The minimum atomic E-state index is -4.96. The van der Waals surface area contributed by atoms with Gasteiger partial charge in [-0.2, -0.15) is 0 Å². The summed E-state index contributed by atoms with van der Waals surface area (Å²) in [7, 11) is -9.92. The molecule has 0 aromatic heterocycles. The molecule has 612 valence electrons. The van der Waals surface area contributed by atoms with Gasteiger partial charge in [-0.15, -0.1) is 0 Å². The van der Waals surface area contributed by atoms with Gasteiger partial charge in [-0.1, -0.05) is 389 Å². The molecule has 3 N–H and O–H groups in total. The fraction of sp³-hybridized carbons (Fsp3) is 0.952. The molecule has 0 aliphatic rings. The third kappa shape index (κ3) is 78.0. The van der Waals surface area contributed by atoms with Gasteiger partial charge in [0.1, 0.15) is 19.3 Å². The third-order valence-electron chi connectivity index (χ3n) is 19.6. The van der Waals surface area contributed by atoms with Crippen LogP contribution in [0.5, 0.6) is 0 Å². The molecule has 0 saturated heterocycles. The SMILES string of the molecule is CCCCCCCCCCCCC(=O)OC[C@H](COP(=O)(O)OC[C@H](O)COP(=O)(O)OC[C@@H](COC(=O)CCCCCCCCCCCCCCCCCC(C)C)OC(=O)CCCCCCCCCCCCCCCCCCC(C)C)OC(=O)CCCCCCCCCCCCCCCC(C)C. The Labute approximate surface area is 632 Å². The molecule has 0 aliphatic heterocycles. The molecule has 0 spiro atoms. The molecular formula is C84H164O17P2. The van der Waals surface area contributed by atoms with E-state index >= 15 is 0 Å². The van der Waals surface area contributed by atoms with Crippen molar-refractivity contribution in [1.82, 2.24) is 0 Å². The number of phosphoric ester groups is 2. The number of aliphatic hydroxyl groups is 1. The van der Waals surface area contributed by atoms with Crippen LogP contribution < -0.4 is 0 Å². The second-order valence-corrected chi connectivity index (χ2v) is 34.6. The van der Waals surface area contributed by atoms with Crippen LogP contribution in [-0.4, -0.2) is 96.7 Å². The van der Waals surface area contributed by atoms with Crippen molar-refractivity contribution in [3.05, 3.63) is 0 Å². The number of aliphatic hydroxyl groups excluding tert-OH is 1. The molecule has 0 aromatic carbocycles. The zero-order valence-corrected chi connectivity index (χ0v) is 69.6. The zero-order valence-electron chi connectivity index (χ0n) is 67.8. The van der Waals surface area contributed by atoms with Crippen LogP contribution in [0.25, 0.3) is 0 Å². The maximum absolute atomic E-state index is 13.1. The van der Waals surface area contributed by atoms with E-state index in [-0.39, 0.29) is 25.7 Å². The number of hydrogen-bond acceptors (Lipinski definition) is 15. The van der Waals surface area contributed by atoms with Gasteiger partial charge < -0.3 is 33.8 Å². The number of carbonyl (C=O) groups is 4. The lowest BCUT2D eigenvalue weighted by Crippen LogP contribution is -2.30. The number of unbranched alkanes of at least 4 members (excludes halogenated alkanes) is 50. The highest BCUT2D eigenvalue weighted by molar-refractivity contribution is 7.47. The molecule has 0 saturated carbocycles. The molecule has 103 heavy (non-hydrogen) atoms. The zero-order chi connectivity index (χ0) is 75.8. The van der Waals surface area contributed by atoms with Crippen molar-refractivity contribution in [2.24, 2.45) is 17.8 Å². The summed E-state index contributed by atoms with van der Waals surface area (Å²) in [5.41, 5.74) is 0. The Balaban J connectivity index is 5.24. The molecule has 19 heteroatoms.